The number of benzene rings is 1. The van der Waals surface area contributed by atoms with Crippen LogP contribution in [-0.4, -0.2) is 34.3 Å². The van der Waals surface area contributed by atoms with Gasteiger partial charge in [-0.3, -0.25) is 9.59 Å². The predicted molar refractivity (Wildman–Crippen MR) is 83.9 cm³/mol. The molecule has 2 saturated heterocycles. The molecule has 2 aromatic rings. The molecule has 1 aromatic carbocycles. The number of piperazine rings is 1. The smallest absolute Gasteiger partial charge is 0.271 e. The van der Waals surface area contributed by atoms with Gasteiger partial charge in [0.05, 0.1) is 0 Å². The number of H-pyrrole nitrogens is 1. The van der Waals surface area contributed by atoms with Gasteiger partial charge in [-0.1, -0.05) is 18.2 Å². The van der Waals surface area contributed by atoms with Crippen molar-refractivity contribution in [2.24, 2.45) is 0 Å². The summed E-state index contributed by atoms with van der Waals surface area (Å²) in [4.78, 5) is 29.7. The fraction of sp³-hybridized carbons (Fsp3) is 0.294. The number of rotatable bonds is 1. The Balaban J connectivity index is 1.79. The Hall–Kier alpha value is -2.56. The van der Waals surface area contributed by atoms with Crippen LogP contribution in [-0.2, 0) is 9.59 Å². The second kappa shape index (κ2) is 4.73. The molecule has 0 bridgehead atoms. The first-order valence-electron chi connectivity index (χ1n) is 7.56. The number of carbonyl (C=O) groups is 2. The third-order valence-corrected chi connectivity index (χ3v) is 4.54. The number of para-hydroxylation sites is 1. The summed E-state index contributed by atoms with van der Waals surface area (Å²) in [7, 11) is 0. The van der Waals surface area contributed by atoms with Crippen LogP contribution in [0, 0.1) is 6.92 Å². The van der Waals surface area contributed by atoms with E-state index in [1.165, 1.54) is 0 Å². The minimum Gasteiger partial charge on any atom is -0.358 e. The minimum absolute atomic E-state index is 0.0687. The molecular weight excluding hydrogens is 278 g/mol. The maximum atomic E-state index is 12.6. The van der Waals surface area contributed by atoms with Crippen LogP contribution < -0.4 is 5.32 Å². The highest BCUT2D eigenvalue weighted by molar-refractivity contribution is 6.08. The number of nitrogens with one attached hydrogen (secondary N) is 2. The van der Waals surface area contributed by atoms with Crippen molar-refractivity contribution in [2.75, 3.05) is 6.54 Å². The van der Waals surface area contributed by atoms with Gasteiger partial charge in [-0.15, -0.1) is 0 Å². The Kier molecular flexibility index (Phi) is 2.82. The first-order chi connectivity index (χ1) is 10.6. The van der Waals surface area contributed by atoms with E-state index >= 15 is 0 Å². The lowest BCUT2D eigenvalue weighted by atomic mass is 10.1. The van der Waals surface area contributed by atoms with Crippen LogP contribution in [0.3, 0.4) is 0 Å². The average Bonchev–Trinajstić information content (AvgIpc) is 3.10. The molecule has 2 amide bonds. The topological polar surface area (TPSA) is 65.2 Å². The number of carbonyl (C=O) groups excluding carboxylic acids is 2. The van der Waals surface area contributed by atoms with Crippen LogP contribution in [0.25, 0.3) is 17.0 Å². The SMILES string of the molecule is Cc1[nH]c2ccccc2c1/C=C1\NC(=O)[C@@H]2CCCN2C1=O. The van der Waals surface area contributed by atoms with Crippen molar-refractivity contribution in [3.05, 3.63) is 41.2 Å². The number of aromatic nitrogens is 1. The van der Waals surface area contributed by atoms with Gasteiger partial charge in [0, 0.05) is 28.7 Å². The van der Waals surface area contributed by atoms with E-state index in [9.17, 15) is 9.59 Å². The predicted octanol–water partition coefficient (Wildman–Crippen LogP) is 1.94. The molecule has 2 aliphatic rings. The molecule has 2 N–H and O–H groups in total. The largest absolute Gasteiger partial charge is 0.358 e. The van der Waals surface area contributed by atoms with Crippen molar-refractivity contribution >= 4 is 28.8 Å². The lowest BCUT2D eigenvalue weighted by molar-refractivity contribution is -0.140. The molecule has 2 fully saturated rings. The Morgan fingerprint density at radius 3 is 2.95 bits per heavy atom. The second-order valence-electron chi connectivity index (χ2n) is 5.91. The van der Waals surface area contributed by atoms with Gasteiger partial charge in [-0.25, -0.2) is 0 Å². The molecular formula is C17H17N3O2. The van der Waals surface area contributed by atoms with Crippen molar-refractivity contribution < 1.29 is 9.59 Å². The highest BCUT2D eigenvalue weighted by atomic mass is 16.2. The average molecular weight is 295 g/mol. The number of fused-ring (bicyclic) bond motifs is 2. The molecule has 1 atom stereocenters. The van der Waals surface area contributed by atoms with Crippen molar-refractivity contribution in [2.45, 2.75) is 25.8 Å². The maximum absolute atomic E-state index is 12.6. The van der Waals surface area contributed by atoms with Crippen LogP contribution in [0.5, 0.6) is 0 Å². The molecule has 5 heteroatoms. The summed E-state index contributed by atoms with van der Waals surface area (Å²) in [6.45, 7) is 2.64. The monoisotopic (exact) mass is 295 g/mol. The van der Waals surface area contributed by atoms with E-state index < -0.39 is 0 Å². The zero-order valence-corrected chi connectivity index (χ0v) is 12.3. The van der Waals surface area contributed by atoms with Crippen LogP contribution in [0.1, 0.15) is 24.1 Å². The summed E-state index contributed by atoms with van der Waals surface area (Å²) in [6, 6.07) is 7.67. The third-order valence-electron chi connectivity index (χ3n) is 4.54. The summed E-state index contributed by atoms with van der Waals surface area (Å²) in [6.07, 6.45) is 3.45. The summed E-state index contributed by atoms with van der Waals surface area (Å²) < 4.78 is 0. The Bertz CT molecular complexity index is 818. The highest BCUT2D eigenvalue weighted by Crippen LogP contribution is 2.27. The summed E-state index contributed by atoms with van der Waals surface area (Å²) >= 11 is 0. The number of aromatic amines is 1. The van der Waals surface area contributed by atoms with Crippen LogP contribution >= 0.6 is 0 Å². The fourth-order valence-electron chi connectivity index (χ4n) is 3.43. The molecule has 0 spiro atoms. The number of hydrogen-bond donors (Lipinski definition) is 2. The molecule has 0 radical (unpaired) electrons. The van der Waals surface area contributed by atoms with Gasteiger partial charge in [0.2, 0.25) is 5.91 Å². The third kappa shape index (κ3) is 1.85. The number of hydrogen-bond acceptors (Lipinski definition) is 2. The molecule has 4 rings (SSSR count). The van der Waals surface area contributed by atoms with Crippen molar-refractivity contribution in [3.63, 3.8) is 0 Å². The molecule has 112 valence electrons. The molecule has 3 heterocycles. The zero-order chi connectivity index (χ0) is 15.3. The number of nitrogens with zero attached hydrogens (tertiary/aromatic N) is 1. The highest BCUT2D eigenvalue weighted by Gasteiger charge is 2.40. The first kappa shape index (κ1) is 13.1. The summed E-state index contributed by atoms with van der Waals surface area (Å²) in [5, 5.41) is 3.84. The summed E-state index contributed by atoms with van der Waals surface area (Å²) in [5.74, 6) is -0.146. The normalized spacial score (nSPS) is 23.2. The first-order valence-corrected chi connectivity index (χ1v) is 7.56. The number of amides is 2. The molecule has 2 aliphatic heterocycles. The quantitative estimate of drug-likeness (QED) is 0.790. The lowest BCUT2D eigenvalue weighted by Gasteiger charge is -2.30. The van der Waals surface area contributed by atoms with Gasteiger partial charge >= 0.3 is 0 Å². The van der Waals surface area contributed by atoms with Crippen LogP contribution in [0.2, 0.25) is 0 Å². The van der Waals surface area contributed by atoms with Gasteiger partial charge in [-0.2, -0.15) is 0 Å². The van der Waals surface area contributed by atoms with E-state index in [0.717, 1.165) is 35.0 Å². The number of aryl methyl sites for hydroxylation is 1. The van der Waals surface area contributed by atoms with E-state index in [-0.39, 0.29) is 17.9 Å². The van der Waals surface area contributed by atoms with E-state index in [4.69, 9.17) is 0 Å². The molecule has 0 aliphatic carbocycles. The van der Waals surface area contributed by atoms with E-state index in [1.807, 2.05) is 31.2 Å². The van der Waals surface area contributed by atoms with Gasteiger partial charge in [-0.05, 0) is 31.9 Å². The van der Waals surface area contributed by atoms with Gasteiger partial charge < -0.3 is 15.2 Å². The molecule has 22 heavy (non-hydrogen) atoms. The van der Waals surface area contributed by atoms with Gasteiger partial charge in [0.25, 0.3) is 5.91 Å². The molecule has 0 unspecified atom stereocenters. The maximum Gasteiger partial charge on any atom is 0.271 e. The molecule has 0 saturated carbocycles. The zero-order valence-electron chi connectivity index (χ0n) is 12.3. The Labute approximate surface area is 128 Å². The summed E-state index contributed by atoms with van der Waals surface area (Å²) in [5.41, 5.74) is 3.34. The lowest BCUT2D eigenvalue weighted by Crippen LogP contribution is -2.53. The van der Waals surface area contributed by atoms with Crippen LogP contribution in [0.15, 0.2) is 30.0 Å². The standard InChI is InChI=1S/C17H17N3O2/c1-10-12(11-5-2-3-6-13(11)18-10)9-14-17(22)20-8-4-7-15(20)16(21)19-14/h2-3,5-6,9,15,18H,4,7-8H2,1H3,(H,19,21)/b14-9-/t15-/m0/s1. The second-order valence-corrected chi connectivity index (χ2v) is 5.91. The molecule has 1 aromatic heterocycles. The minimum atomic E-state index is -0.284. The van der Waals surface area contributed by atoms with Crippen molar-refractivity contribution in [3.8, 4) is 0 Å². The van der Waals surface area contributed by atoms with Crippen LogP contribution in [0.4, 0.5) is 0 Å². The van der Waals surface area contributed by atoms with Gasteiger partial charge in [0.15, 0.2) is 0 Å². The Morgan fingerprint density at radius 1 is 1.27 bits per heavy atom. The van der Waals surface area contributed by atoms with Crippen molar-refractivity contribution in [1.29, 1.82) is 0 Å². The molecule has 5 nitrogen and oxygen atoms in total. The van der Waals surface area contributed by atoms with E-state index in [0.29, 0.717) is 12.2 Å². The van der Waals surface area contributed by atoms with E-state index in [1.54, 1.807) is 11.0 Å². The fourth-order valence-corrected chi connectivity index (χ4v) is 3.43. The van der Waals surface area contributed by atoms with E-state index in [2.05, 4.69) is 10.3 Å². The van der Waals surface area contributed by atoms with Gasteiger partial charge in [0.1, 0.15) is 11.7 Å². The Morgan fingerprint density at radius 2 is 2.09 bits per heavy atom. The van der Waals surface area contributed by atoms with Crippen molar-refractivity contribution in [1.82, 2.24) is 15.2 Å².